The van der Waals surface area contributed by atoms with Gasteiger partial charge in [-0.3, -0.25) is 0 Å². The number of benzene rings is 1. The second-order valence-electron chi connectivity index (χ2n) is 2.56. The summed E-state index contributed by atoms with van der Waals surface area (Å²) in [7, 11) is 4.04. The van der Waals surface area contributed by atoms with Gasteiger partial charge in [-0.1, -0.05) is 12.1 Å². The average Bonchev–Trinajstić information content (AvgIpc) is 1.94. The van der Waals surface area contributed by atoms with E-state index in [1.54, 1.807) is 0 Å². The zero-order valence-electron chi connectivity index (χ0n) is 6.66. The number of aryl methyl sites for hydroxylation is 1. The molecule has 1 aromatic carbocycles. The number of anilines is 1. The summed E-state index contributed by atoms with van der Waals surface area (Å²) < 4.78 is 0. The predicted octanol–water partition coefficient (Wildman–Crippen LogP) is 1.43. The van der Waals surface area contributed by atoms with Crippen molar-refractivity contribution < 1.29 is 0 Å². The van der Waals surface area contributed by atoms with Gasteiger partial charge in [0, 0.05) is 5.69 Å². The van der Waals surface area contributed by atoms with Crippen molar-refractivity contribution in [3.8, 4) is 0 Å². The lowest BCUT2D eigenvalue weighted by molar-refractivity contribution is 1.22. The fourth-order valence-corrected chi connectivity index (χ4v) is 1.29. The van der Waals surface area contributed by atoms with Gasteiger partial charge in [0.05, 0.1) is 0 Å². The van der Waals surface area contributed by atoms with Gasteiger partial charge in [0.25, 0.3) is 0 Å². The largest absolute Gasteiger partial charge is 0.758 e. The molecule has 1 rings (SSSR count). The fourth-order valence-electron chi connectivity index (χ4n) is 0.926. The van der Waals surface area contributed by atoms with E-state index in [0.717, 1.165) is 21.6 Å². The van der Waals surface area contributed by atoms with Gasteiger partial charge in [-0.25, -0.2) is 0 Å². The maximum atomic E-state index is 10.9. The summed E-state index contributed by atoms with van der Waals surface area (Å²) in [6.45, 7) is 1.97. The van der Waals surface area contributed by atoms with Gasteiger partial charge in [0.1, 0.15) is 0 Å². The Kier molecular flexibility index (Phi) is 2.48. The number of hydrogen-bond acceptors (Lipinski definition) is 2. The zero-order valence-corrected chi connectivity index (χ0v) is 7.82. The normalized spacial score (nSPS) is 9.82. The van der Waals surface area contributed by atoms with Gasteiger partial charge in [0.2, 0.25) is 0 Å². The molecular weight excluding hydrogens is 157 g/mol. The van der Waals surface area contributed by atoms with E-state index in [1.165, 1.54) is 7.05 Å². The van der Waals surface area contributed by atoms with Crippen LogP contribution in [0.1, 0.15) is 5.56 Å². The number of rotatable bonds is 1. The lowest BCUT2D eigenvalue weighted by Crippen LogP contribution is -2.13. The Labute approximate surface area is 69.0 Å². The van der Waals surface area contributed by atoms with Crippen molar-refractivity contribution in [1.29, 1.82) is 0 Å². The molecule has 0 radical (unpaired) electrons. The lowest BCUT2D eigenvalue weighted by Gasteiger charge is -2.26. The van der Waals surface area contributed by atoms with Crippen LogP contribution < -0.4 is 10.4 Å². The summed E-state index contributed by atoms with van der Waals surface area (Å²) in [5, 5.41) is 12.7. The first-order valence-electron chi connectivity index (χ1n) is 3.38. The summed E-state index contributed by atoms with van der Waals surface area (Å²) in [6.07, 6.45) is 0. The van der Waals surface area contributed by atoms with Crippen molar-refractivity contribution in [1.82, 2.24) is 0 Å². The van der Waals surface area contributed by atoms with Gasteiger partial charge in [-0.2, -0.15) is 0 Å². The van der Waals surface area contributed by atoms with Gasteiger partial charge < -0.3 is 10.3 Å². The maximum Gasteiger partial charge on any atom is 0.0332 e. The quantitative estimate of drug-likeness (QED) is 0.468. The first-order chi connectivity index (χ1) is 5.11. The molecule has 0 aliphatic heterocycles. The third-order valence-electron chi connectivity index (χ3n) is 1.53. The molecule has 1 atom stereocenters. The highest BCUT2D eigenvalue weighted by atomic mass is 31.0. The molecule has 0 aliphatic rings. The Morgan fingerprint density at radius 1 is 1.45 bits per heavy atom. The highest BCUT2D eigenvalue weighted by Gasteiger charge is 1.95. The molecule has 0 N–H and O–H groups in total. The molecule has 0 aliphatic carbocycles. The average molecular weight is 168 g/mol. The van der Waals surface area contributed by atoms with Crippen LogP contribution in [0, 0.1) is 12.1 Å². The molecule has 1 unspecified atom stereocenters. The molecule has 2 nitrogen and oxygen atoms in total. The molecule has 3 heteroatoms. The third-order valence-corrected chi connectivity index (χ3v) is 2.01. The van der Waals surface area contributed by atoms with E-state index in [4.69, 9.17) is 0 Å². The second kappa shape index (κ2) is 3.21. The highest BCUT2D eigenvalue weighted by Crippen LogP contribution is 2.13. The van der Waals surface area contributed by atoms with E-state index >= 15 is 0 Å². The molecule has 60 valence electrons. The van der Waals surface area contributed by atoms with Crippen molar-refractivity contribution in [3.05, 3.63) is 29.0 Å². The van der Waals surface area contributed by atoms with Crippen molar-refractivity contribution in [2.24, 2.45) is 0 Å². The Morgan fingerprint density at radius 2 is 2.09 bits per heavy atom. The molecule has 1 aromatic rings. The van der Waals surface area contributed by atoms with Crippen LogP contribution in [-0.2, 0) is 0 Å². The Bertz CT molecular complexity index is 260. The summed E-state index contributed by atoms with van der Waals surface area (Å²) >= 11 is 0. The Morgan fingerprint density at radius 3 is 2.55 bits per heavy atom. The third kappa shape index (κ3) is 1.92. The van der Waals surface area contributed by atoms with E-state index in [1.807, 2.05) is 25.1 Å². The standard InChI is InChI=1S/C8H11NOP/c1-6-3-4-8(11)7(5-6)9(2)10/h3-5H,11H2,1-2H3/q-1. The van der Waals surface area contributed by atoms with E-state index < -0.39 is 0 Å². The van der Waals surface area contributed by atoms with Crippen LogP contribution in [0.3, 0.4) is 0 Å². The molecule has 0 amide bonds. The Hall–Kier alpha value is -0.590. The lowest BCUT2D eigenvalue weighted by atomic mass is 10.2. The van der Waals surface area contributed by atoms with E-state index in [9.17, 15) is 5.21 Å². The van der Waals surface area contributed by atoms with E-state index in [0.29, 0.717) is 0 Å². The van der Waals surface area contributed by atoms with Crippen LogP contribution >= 0.6 is 9.24 Å². The molecule has 0 bridgehead atoms. The van der Waals surface area contributed by atoms with Crippen molar-refractivity contribution in [2.45, 2.75) is 6.92 Å². The van der Waals surface area contributed by atoms with Crippen LogP contribution in [0.25, 0.3) is 0 Å². The minimum absolute atomic E-state index is 0.718. The van der Waals surface area contributed by atoms with Crippen molar-refractivity contribution in [3.63, 3.8) is 0 Å². The SMILES string of the molecule is Cc1ccc(P)c(N(C)[O-])c1. The first-order valence-corrected chi connectivity index (χ1v) is 3.96. The first kappa shape index (κ1) is 8.51. The highest BCUT2D eigenvalue weighted by molar-refractivity contribution is 7.28. The van der Waals surface area contributed by atoms with Crippen LogP contribution in [0.2, 0.25) is 0 Å². The second-order valence-corrected chi connectivity index (χ2v) is 3.18. The predicted molar refractivity (Wildman–Crippen MR) is 52.3 cm³/mol. The monoisotopic (exact) mass is 168 g/mol. The van der Waals surface area contributed by atoms with E-state index in [2.05, 4.69) is 9.24 Å². The van der Waals surface area contributed by atoms with Crippen LogP contribution in [0.4, 0.5) is 5.69 Å². The zero-order chi connectivity index (χ0) is 8.43. The topological polar surface area (TPSA) is 26.3 Å². The molecule has 0 aromatic heterocycles. The summed E-state index contributed by atoms with van der Waals surface area (Å²) in [5.41, 5.74) is 1.82. The molecule has 0 saturated carbocycles. The minimum Gasteiger partial charge on any atom is -0.758 e. The summed E-state index contributed by atoms with van der Waals surface area (Å²) in [5.74, 6) is 0. The number of hydrogen-bond donors (Lipinski definition) is 0. The molecular formula is C8H11NOP-. The molecule has 0 saturated heterocycles. The summed E-state index contributed by atoms with van der Waals surface area (Å²) in [6, 6.07) is 5.77. The smallest absolute Gasteiger partial charge is 0.0332 e. The van der Waals surface area contributed by atoms with Crippen molar-refractivity contribution in [2.75, 3.05) is 12.1 Å². The summed E-state index contributed by atoms with van der Waals surface area (Å²) in [4.78, 5) is 0. The molecule has 0 heterocycles. The number of hydroxylamine groups is 1. The van der Waals surface area contributed by atoms with Crippen molar-refractivity contribution >= 4 is 20.2 Å². The minimum atomic E-state index is 0.718. The molecule has 0 spiro atoms. The Balaban J connectivity index is 3.13. The molecule has 0 fully saturated rings. The van der Waals surface area contributed by atoms with Crippen LogP contribution in [-0.4, -0.2) is 7.05 Å². The fraction of sp³-hybridized carbons (Fsp3) is 0.250. The van der Waals surface area contributed by atoms with Gasteiger partial charge in [-0.05, 0) is 30.9 Å². The van der Waals surface area contributed by atoms with Gasteiger partial charge in [0.15, 0.2) is 0 Å². The maximum absolute atomic E-state index is 10.9. The molecule has 11 heavy (non-hydrogen) atoms. The van der Waals surface area contributed by atoms with Crippen LogP contribution in [0.15, 0.2) is 18.2 Å². The van der Waals surface area contributed by atoms with Gasteiger partial charge >= 0.3 is 0 Å². The van der Waals surface area contributed by atoms with Crippen LogP contribution in [0.5, 0.6) is 0 Å². The van der Waals surface area contributed by atoms with Gasteiger partial charge in [-0.15, -0.1) is 9.24 Å². The van der Waals surface area contributed by atoms with E-state index in [-0.39, 0.29) is 0 Å². The number of nitrogens with zero attached hydrogens (tertiary/aromatic N) is 1.